The van der Waals surface area contributed by atoms with E-state index in [1.165, 1.54) is 21.9 Å². The van der Waals surface area contributed by atoms with Crippen LogP contribution in [0.15, 0.2) is 60.7 Å². The number of hydrogen-bond donors (Lipinski definition) is 2. The maximum Gasteiger partial charge on any atom is 0.250 e. The molecule has 1 aliphatic rings. The molecule has 3 amide bonds. The molecule has 4 rings (SSSR count). The van der Waals surface area contributed by atoms with E-state index in [4.69, 9.17) is 23.1 Å². The first-order chi connectivity index (χ1) is 17.2. The topological polar surface area (TPSA) is 110 Å². The van der Waals surface area contributed by atoms with Gasteiger partial charge in [0.05, 0.1) is 11.6 Å². The van der Waals surface area contributed by atoms with Crippen LogP contribution < -0.4 is 11.5 Å². The van der Waals surface area contributed by atoms with Crippen LogP contribution in [0.1, 0.15) is 30.5 Å². The fourth-order valence-corrected chi connectivity index (χ4v) is 5.13. The average Bonchev–Trinajstić information content (AvgIpc) is 2.99. The van der Waals surface area contributed by atoms with Gasteiger partial charge < -0.3 is 21.3 Å². The van der Waals surface area contributed by atoms with Gasteiger partial charge in [0.2, 0.25) is 11.8 Å². The lowest BCUT2D eigenvalue weighted by molar-refractivity contribution is -0.148. The highest BCUT2D eigenvalue weighted by Gasteiger charge is 2.43. The monoisotopic (exact) mass is 510 g/mol. The Hall–Kier alpha value is -3.49. The lowest BCUT2D eigenvalue weighted by Crippen LogP contribution is -2.52. The van der Waals surface area contributed by atoms with E-state index in [2.05, 4.69) is 0 Å². The number of fused-ring (bicyclic) bond motifs is 1. The molecule has 3 unspecified atom stereocenters. The zero-order valence-corrected chi connectivity index (χ0v) is 20.6. The molecule has 0 radical (unpaired) electrons. The van der Waals surface area contributed by atoms with Crippen molar-refractivity contribution in [1.29, 1.82) is 0 Å². The first-order valence-electron chi connectivity index (χ1n) is 11.8. The van der Waals surface area contributed by atoms with E-state index in [0.717, 1.165) is 22.4 Å². The van der Waals surface area contributed by atoms with Crippen LogP contribution in [0.2, 0.25) is 5.02 Å². The summed E-state index contributed by atoms with van der Waals surface area (Å²) in [5.41, 5.74) is 12.7. The molecule has 0 aromatic heterocycles. The zero-order chi connectivity index (χ0) is 26.0. The fraction of sp³-hybridized carbons (Fsp3) is 0.296. The van der Waals surface area contributed by atoms with Crippen molar-refractivity contribution < 1.29 is 18.8 Å². The summed E-state index contributed by atoms with van der Waals surface area (Å²) in [5.74, 6) is -2.23. The molecule has 188 valence electrons. The first kappa shape index (κ1) is 25.6. The summed E-state index contributed by atoms with van der Waals surface area (Å²) in [6, 6.07) is 15.0. The van der Waals surface area contributed by atoms with E-state index in [-0.39, 0.29) is 30.6 Å². The number of hydrogen-bond acceptors (Lipinski definition) is 4. The highest BCUT2D eigenvalue weighted by molar-refractivity contribution is 6.30. The van der Waals surface area contributed by atoms with Crippen molar-refractivity contribution in [3.63, 3.8) is 0 Å². The summed E-state index contributed by atoms with van der Waals surface area (Å²) < 4.78 is 13.9. The van der Waals surface area contributed by atoms with Crippen LogP contribution in [0.5, 0.6) is 0 Å². The lowest BCUT2D eigenvalue weighted by Gasteiger charge is -2.35. The Morgan fingerprint density at radius 1 is 1.14 bits per heavy atom. The molecule has 1 saturated heterocycles. The van der Waals surface area contributed by atoms with Crippen molar-refractivity contribution in [3.8, 4) is 0 Å². The standard InChI is InChI=1S/C27H28ClFN4O3/c1-16-11-12-32(23(26(31)35)14-18-7-4-6-17-5-2-3-8-20(17)18)27(36)25(33(16)24(34)15-30)19-9-10-22(29)21(28)13-19/h2-10,13,16,23,25H,11-12,14-15,30H2,1H3,(H2,31,35). The van der Waals surface area contributed by atoms with Gasteiger partial charge in [-0.3, -0.25) is 14.4 Å². The fourth-order valence-electron chi connectivity index (χ4n) is 4.94. The Kier molecular flexibility index (Phi) is 7.56. The number of nitrogens with two attached hydrogens (primary N) is 2. The Labute approximate surface area is 213 Å². The van der Waals surface area contributed by atoms with Crippen molar-refractivity contribution in [2.45, 2.75) is 37.9 Å². The van der Waals surface area contributed by atoms with Crippen LogP contribution in [-0.2, 0) is 20.8 Å². The Bertz CT molecular complexity index is 1310. The van der Waals surface area contributed by atoms with Crippen molar-refractivity contribution in [3.05, 3.63) is 82.6 Å². The predicted octanol–water partition coefficient (Wildman–Crippen LogP) is 3.18. The largest absolute Gasteiger partial charge is 0.368 e. The van der Waals surface area contributed by atoms with Crippen molar-refractivity contribution >= 4 is 40.1 Å². The third-order valence-electron chi connectivity index (χ3n) is 6.78. The predicted molar refractivity (Wildman–Crippen MR) is 136 cm³/mol. The number of rotatable bonds is 6. The SMILES string of the molecule is CC1CCN(C(Cc2cccc3ccccc23)C(N)=O)C(=O)C(c2ccc(F)c(Cl)c2)N1C(=O)CN. The van der Waals surface area contributed by atoms with Crippen LogP contribution in [0.25, 0.3) is 10.8 Å². The number of nitrogens with zero attached hydrogens (tertiary/aromatic N) is 2. The van der Waals surface area contributed by atoms with Crippen LogP contribution in [-0.4, -0.2) is 52.7 Å². The Morgan fingerprint density at radius 3 is 2.56 bits per heavy atom. The van der Waals surface area contributed by atoms with E-state index in [1.807, 2.05) is 49.4 Å². The summed E-state index contributed by atoms with van der Waals surface area (Å²) in [6.45, 7) is 1.71. The van der Waals surface area contributed by atoms with Crippen LogP contribution in [0.4, 0.5) is 4.39 Å². The van der Waals surface area contributed by atoms with Gasteiger partial charge in [-0.1, -0.05) is 60.1 Å². The molecule has 3 atom stereocenters. The minimum absolute atomic E-state index is 0.175. The highest BCUT2D eigenvalue weighted by Crippen LogP contribution is 2.33. The molecule has 7 nitrogen and oxygen atoms in total. The third-order valence-corrected chi connectivity index (χ3v) is 7.07. The smallest absolute Gasteiger partial charge is 0.250 e. The van der Waals surface area contributed by atoms with Gasteiger partial charge >= 0.3 is 0 Å². The molecular weight excluding hydrogens is 483 g/mol. The maximum atomic E-state index is 14.1. The molecule has 0 aliphatic carbocycles. The van der Waals surface area contributed by atoms with Gasteiger partial charge in [0.1, 0.15) is 17.9 Å². The lowest BCUT2D eigenvalue weighted by atomic mass is 9.96. The molecule has 0 spiro atoms. The molecular formula is C27H28ClFN4O3. The Balaban J connectivity index is 1.78. The van der Waals surface area contributed by atoms with E-state index < -0.39 is 35.6 Å². The van der Waals surface area contributed by atoms with E-state index in [0.29, 0.717) is 12.0 Å². The van der Waals surface area contributed by atoms with Gasteiger partial charge in [0.25, 0.3) is 5.91 Å². The van der Waals surface area contributed by atoms with E-state index >= 15 is 0 Å². The molecule has 4 N–H and O–H groups in total. The number of halogens is 2. The summed E-state index contributed by atoms with van der Waals surface area (Å²) in [7, 11) is 0. The van der Waals surface area contributed by atoms with E-state index in [1.54, 1.807) is 0 Å². The summed E-state index contributed by atoms with van der Waals surface area (Å²) in [6.07, 6.45) is 0.612. The number of carbonyl (C=O) groups is 3. The summed E-state index contributed by atoms with van der Waals surface area (Å²) >= 11 is 6.03. The highest BCUT2D eigenvalue weighted by atomic mass is 35.5. The third kappa shape index (κ3) is 4.92. The van der Waals surface area contributed by atoms with E-state index in [9.17, 15) is 18.8 Å². The van der Waals surface area contributed by atoms with Gasteiger partial charge in [0.15, 0.2) is 0 Å². The summed E-state index contributed by atoms with van der Waals surface area (Å²) in [4.78, 5) is 42.5. The normalized spacial score (nSPS) is 19.3. The second-order valence-electron chi connectivity index (χ2n) is 9.01. The van der Waals surface area contributed by atoms with Gasteiger partial charge in [-0.05, 0) is 47.4 Å². The minimum Gasteiger partial charge on any atom is -0.368 e. The second-order valence-corrected chi connectivity index (χ2v) is 9.42. The van der Waals surface area contributed by atoms with Gasteiger partial charge in [0, 0.05) is 19.0 Å². The van der Waals surface area contributed by atoms with Gasteiger partial charge in [-0.2, -0.15) is 0 Å². The molecule has 3 aromatic rings. The average molecular weight is 511 g/mol. The van der Waals surface area contributed by atoms with Gasteiger partial charge in [-0.15, -0.1) is 0 Å². The second kappa shape index (κ2) is 10.6. The minimum atomic E-state index is -1.13. The van der Waals surface area contributed by atoms with Crippen LogP contribution in [0, 0.1) is 5.82 Å². The first-order valence-corrected chi connectivity index (χ1v) is 12.1. The van der Waals surface area contributed by atoms with Crippen molar-refractivity contribution in [2.75, 3.05) is 13.1 Å². The molecule has 36 heavy (non-hydrogen) atoms. The molecule has 1 fully saturated rings. The molecule has 3 aromatic carbocycles. The molecule has 0 saturated carbocycles. The number of amides is 3. The van der Waals surface area contributed by atoms with Crippen LogP contribution in [0.3, 0.4) is 0 Å². The molecule has 0 bridgehead atoms. The number of carbonyl (C=O) groups excluding carboxylic acids is 3. The van der Waals surface area contributed by atoms with Gasteiger partial charge in [-0.25, -0.2) is 4.39 Å². The molecule has 1 aliphatic heterocycles. The Morgan fingerprint density at radius 2 is 1.86 bits per heavy atom. The quantitative estimate of drug-likeness (QED) is 0.530. The summed E-state index contributed by atoms with van der Waals surface area (Å²) in [5, 5.41) is 1.79. The van der Waals surface area contributed by atoms with Crippen molar-refractivity contribution in [2.24, 2.45) is 11.5 Å². The van der Waals surface area contributed by atoms with Crippen molar-refractivity contribution in [1.82, 2.24) is 9.80 Å². The number of benzene rings is 3. The molecule has 9 heteroatoms. The number of primary amides is 1. The van der Waals surface area contributed by atoms with Crippen LogP contribution >= 0.6 is 11.6 Å². The molecule has 1 heterocycles. The zero-order valence-electron chi connectivity index (χ0n) is 19.9. The maximum absolute atomic E-state index is 14.1.